The molecule has 0 bridgehead atoms. The van der Waals surface area contributed by atoms with Crippen LogP contribution >= 0.6 is 0 Å². The summed E-state index contributed by atoms with van der Waals surface area (Å²) in [7, 11) is 0. The van der Waals surface area contributed by atoms with E-state index in [0.717, 1.165) is 70.9 Å². The molecular weight excluding hydrogens is 476 g/mol. The van der Waals surface area contributed by atoms with Gasteiger partial charge in [-0.3, -0.25) is 9.89 Å². The monoisotopic (exact) mass is 505 g/mol. The number of nitrogens with zero attached hydrogens (tertiary/aromatic N) is 2. The minimum absolute atomic E-state index is 0.0727. The summed E-state index contributed by atoms with van der Waals surface area (Å²) >= 11 is 0. The second-order valence-electron chi connectivity index (χ2n) is 10.3. The van der Waals surface area contributed by atoms with Crippen molar-refractivity contribution in [3.8, 4) is 5.69 Å². The van der Waals surface area contributed by atoms with Gasteiger partial charge >= 0.3 is 5.97 Å². The molecule has 1 aliphatic carbocycles. The van der Waals surface area contributed by atoms with Crippen molar-refractivity contribution < 1.29 is 23.4 Å². The maximum atomic E-state index is 14.5. The molecule has 1 fully saturated rings. The van der Waals surface area contributed by atoms with Gasteiger partial charge < -0.3 is 14.4 Å². The Bertz CT molecular complexity index is 1550. The van der Waals surface area contributed by atoms with Gasteiger partial charge in [0.1, 0.15) is 0 Å². The Morgan fingerprint density at radius 1 is 1.11 bits per heavy atom. The minimum Gasteiger partial charge on any atom is -0.481 e. The maximum Gasteiger partial charge on any atom is 0.307 e. The van der Waals surface area contributed by atoms with Crippen LogP contribution in [-0.2, 0) is 9.53 Å². The summed E-state index contributed by atoms with van der Waals surface area (Å²) in [6, 6.07) is 8.32. The Hall–Kier alpha value is -3.52. The average molecular weight is 506 g/mol. The van der Waals surface area contributed by atoms with Crippen molar-refractivity contribution in [1.82, 2.24) is 14.8 Å². The largest absolute Gasteiger partial charge is 0.481 e. The quantitative estimate of drug-likeness (QED) is 0.298. The third kappa shape index (κ3) is 4.23. The number of carboxylic acids is 1. The predicted octanol–water partition coefficient (Wildman–Crippen LogP) is 6.66. The number of hydrogen-bond acceptors (Lipinski definition) is 3. The lowest BCUT2D eigenvalue weighted by atomic mass is 9.79. The number of carbonyl (C=O) groups is 1. The summed E-state index contributed by atoms with van der Waals surface area (Å²) in [6.45, 7) is 3.28. The molecule has 2 N–H and O–H groups in total. The highest BCUT2D eigenvalue weighted by molar-refractivity contribution is 6.00. The lowest BCUT2D eigenvalue weighted by Crippen LogP contribution is -2.19. The molecule has 1 aliphatic heterocycles. The van der Waals surface area contributed by atoms with Gasteiger partial charge in [0.15, 0.2) is 11.6 Å². The fourth-order valence-electron chi connectivity index (χ4n) is 6.17. The van der Waals surface area contributed by atoms with Crippen LogP contribution in [0.25, 0.3) is 27.5 Å². The number of H-pyrrole nitrogens is 1. The van der Waals surface area contributed by atoms with Crippen LogP contribution in [0.1, 0.15) is 67.3 Å². The van der Waals surface area contributed by atoms with Gasteiger partial charge in [-0.25, -0.2) is 8.78 Å². The highest BCUT2D eigenvalue weighted by Gasteiger charge is 2.32. The van der Waals surface area contributed by atoms with Crippen LogP contribution in [0.4, 0.5) is 8.78 Å². The second kappa shape index (κ2) is 9.41. The first kappa shape index (κ1) is 23.9. The molecule has 4 aromatic rings. The van der Waals surface area contributed by atoms with E-state index in [1.165, 1.54) is 17.7 Å². The van der Waals surface area contributed by atoms with E-state index in [4.69, 9.17) is 4.74 Å². The molecule has 1 atom stereocenters. The molecule has 2 aliphatic rings. The normalized spacial score (nSPS) is 19.0. The molecule has 1 unspecified atom stereocenters. The summed E-state index contributed by atoms with van der Waals surface area (Å²) in [4.78, 5) is 11.3. The van der Waals surface area contributed by atoms with Crippen LogP contribution in [0, 0.1) is 18.6 Å². The van der Waals surface area contributed by atoms with Crippen LogP contribution < -0.4 is 0 Å². The smallest absolute Gasteiger partial charge is 0.307 e. The molecule has 192 valence electrons. The van der Waals surface area contributed by atoms with Crippen molar-refractivity contribution in [3.05, 3.63) is 70.6 Å². The van der Waals surface area contributed by atoms with Crippen LogP contribution in [0.2, 0.25) is 0 Å². The molecule has 2 aromatic heterocycles. The number of halogens is 2. The summed E-state index contributed by atoms with van der Waals surface area (Å²) in [6.07, 6.45) is 6.15. The first-order chi connectivity index (χ1) is 17.9. The lowest BCUT2D eigenvalue weighted by molar-refractivity contribution is -0.136. The maximum absolute atomic E-state index is 14.5. The number of aromatic nitrogens is 3. The Balaban J connectivity index is 1.62. The number of ether oxygens (including phenoxy) is 1. The van der Waals surface area contributed by atoms with Gasteiger partial charge in [0.05, 0.1) is 17.5 Å². The van der Waals surface area contributed by atoms with Crippen LogP contribution in [0.5, 0.6) is 0 Å². The van der Waals surface area contributed by atoms with Gasteiger partial charge in [-0.2, -0.15) is 5.10 Å². The van der Waals surface area contributed by atoms with Crippen LogP contribution in [-0.4, -0.2) is 39.1 Å². The van der Waals surface area contributed by atoms with E-state index < -0.39 is 17.6 Å². The van der Waals surface area contributed by atoms with E-state index in [0.29, 0.717) is 18.9 Å². The van der Waals surface area contributed by atoms with Crippen molar-refractivity contribution >= 4 is 27.8 Å². The third-order valence-electron chi connectivity index (χ3n) is 7.97. The fraction of sp³-hybridized carbons (Fsp3) is 0.379. The Morgan fingerprint density at radius 3 is 2.62 bits per heavy atom. The second-order valence-corrected chi connectivity index (χ2v) is 10.3. The first-order valence-electron chi connectivity index (χ1n) is 12.9. The molecular formula is C29H29F2N3O3. The highest BCUT2D eigenvalue weighted by Crippen LogP contribution is 2.46. The summed E-state index contributed by atoms with van der Waals surface area (Å²) in [5, 5.41) is 18.9. The van der Waals surface area contributed by atoms with Gasteiger partial charge in [0, 0.05) is 53.0 Å². The van der Waals surface area contributed by atoms with Crippen molar-refractivity contribution in [1.29, 1.82) is 0 Å². The zero-order chi connectivity index (χ0) is 25.7. The average Bonchev–Trinajstić information content (AvgIpc) is 3.42. The Morgan fingerprint density at radius 2 is 1.92 bits per heavy atom. The van der Waals surface area contributed by atoms with Crippen molar-refractivity contribution in [2.45, 2.75) is 57.3 Å². The molecule has 0 radical (unpaired) electrons. The zero-order valence-corrected chi connectivity index (χ0v) is 20.7. The van der Waals surface area contributed by atoms with Gasteiger partial charge in [-0.05, 0) is 74.8 Å². The number of allylic oxidation sites excluding steroid dienone is 1. The van der Waals surface area contributed by atoms with E-state index in [1.54, 1.807) is 6.07 Å². The molecule has 1 saturated heterocycles. The van der Waals surface area contributed by atoms with E-state index >= 15 is 0 Å². The molecule has 37 heavy (non-hydrogen) atoms. The summed E-state index contributed by atoms with van der Waals surface area (Å²) in [5.41, 5.74) is 6.65. The molecule has 6 rings (SSSR count). The summed E-state index contributed by atoms with van der Waals surface area (Å²) in [5.74, 6) is -2.17. The molecule has 6 nitrogen and oxygen atoms in total. The number of aliphatic carboxylic acids is 1. The van der Waals surface area contributed by atoms with E-state index in [2.05, 4.69) is 33.0 Å². The highest BCUT2D eigenvalue weighted by atomic mass is 19.2. The Kier molecular flexibility index (Phi) is 6.07. The van der Waals surface area contributed by atoms with E-state index in [1.807, 2.05) is 6.92 Å². The first-order valence-corrected chi connectivity index (χ1v) is 12.9. The number of benzene rings is 2. The number of fused-ring (bicyclic) bond motifs is 2. The van der Waals surface area contributed by atoms with Crippen molar-refractivity contribution in [2.24, 2.45) is 0 Å². The molecule has 0 spiro atoms. The standard InChI is InChI=1S/C29H29F2N3O3/c1-16-21-15-26-22(14-25(21)33-32-16)28(18-4-2-17(3-5-18)12-27(35)36)29(19-8-10-37-11-9-19)34(26)20-6-7-23(30)24(31)13-20/h2,6-7,13-15,18-19H,3-5,8-12H2,1H3,(H,32,33)(H,35,36). The number of aromatic amines is 1. The zero-order valence-electron chi connectivity index (χ0n) is 20.7. The van der Waals surface area contributed by atoms with E-state index in [-0.39, 0.29) is 18.3 Å². The number of hydrogen-bond donors (Lipinski definition) is 2. The molecule has 0 saturated carbocycles. The molecule has 3 heterocycles. The van der Waals surface area contributed by atoms with Crippen molar-refractivity contribution in [3.63, 3.8) is 0 Å². The topological polar surface area (TPSA) is 80.1 Å². The van der Waals surface area contributed by atoms with Gasteiger partial charge in [0.2, 0.25) is 0 Å². The van der Waals surface area contributed by atoms with Gasteiger partial charge in [-0.15, -0.1) is 0 Å². The molecule has 2 aromatic carbocycles. The lowest BCUT2D eigenvalue weighted by Gasteiger charge is -2.29. The van der Waals surface area contributed by atoms with Crippen LogP contribution in [0.3, 0.4) is 0 Å². The van der Waals surface area contributed by atoms with E-state index in [9.17, 15) is 18.7 Å². The van der Waals surface area contributed by atoms with Crippen molar-refractivity contribution in [2.75, 3.05) is 13.2 Å². The molecule has 0 amide bonds. The predicted molar refractivity (Wildman–Crippen MR) is 137 cm³/mol. The number of nitrogens with one attached hydrogen (secondary N) is 1. The van der Waals surface area contributed by atoms with Gasteiger partial charge in [0.25, 0.3) is 0 Å². The SMILES string of the molecule is Cc1[nH]nc2cc3c(C4CC=C(CC(=O)O)CC4)c(C4CCOCC4)n(-c4ccc(F)c(F)c4)c3cc12. The third-order valence-corrected chi connectivity index (χ3v) is 7.97. The summed E-state index contributed by atoms with van der Waals surface area (Å²) < 4.78 is 36.3. The molecule has 8 heteroatoms. The van der Waals surface area contributed by atoms with Crippen LogP contribution in [0.15, 0.2) is 42.0 Å². The Labute approximate surface area is 212 Å². The minimum atomic E-state index is -0.877. The number of carboxylic acid groups (broad SMARTS) is 1. The number of rotatable bonds is 5. The van der Waals surface area contributed by atoms with Gasteiger partial charge in [-0.1, -0.05) is 11.6 Å². The fourth-order valence-corrected chi connectivity index (χ4v) is 6.17. The number of aryl methyl sites for hydroxylation is 1.